The zero-order valence-corrected chi connectivity index (χ0v) is 18.9. The van der Waals surface area contributed by atoms with E-state index in [-0.39, 0.29) is 18.1 Å². The molecule has 3 aromatic heterocycles. The van der Waals surface area contributed by atoms with Crippen molar-refractivity contribution < 1.29 is 4.79 Å². The molecule has 3 heterocycles. The molecule has 0 aliphatic rings. The summed E-state index contributed by atoms with van der Waals surface area (Å²) in [6.07, 6.45) is 3.32. The summed E-state index contributed by atoms with van der Waals surface area (Å²) >= 11 is 5.89. The van der Waals surface area contributed by atoms with E-state index in [0.29, 0.717) is 22.7 Å². The Balaban J connectivity index is 1.44. The molecule has 8 nitrogen and oxygen atoms in total. The highest BCUT2D eigenvalue weighted by Crippen LogP contribution is 2.25. The van der Waals surface area contributed by atoms with Gasteiger partial charge in [0.05, 0.1) is 5.69 Å². The fourth-order valence-electron chi connectivity index (χ4n) is 3.78. The Hall–Kier alpha value is -3.91. The highest BCUT2D eigenvalue weighted by Gasteiger charge is 2.16. The van der Waals surface area contributed by atoms with Gasteiger partial charge in [0.1, 0.15) is 12.1 Å². The van der Waals surface area contributed by atoms with Crippen LogP contribution in [0.2, 0.25) is 5.02 Å². The van der Waals surface area contributed by atoms with Crippen molar-refractivity contribution in [1.29, 1.82) is 0 Å². The van der Waals surface area contributed by atoms with E-state index >= 15 is 0 Å². The van der Waals surface area contributed by atoms with Gasteiger partial charge in [0.15, 0.2) is 5.65 Å². The number of carbonyl (C=O) groups is 1. The number of nitrogens with zero attached hydrogens (tertiary/aromatic N) is 5. The van der Waals surface area contributed by atoms with Gasteiger partial charge < -0.3 is 5.32 Å². The van der Waals surface area contributed by atoms with E-state index < -0.39 is 0 Å². The van der Waals surface area contributed by atoms with Crippen molar-refractivity contribution in [3.8, 4) is 11.3 Å². The van der Waals surface area contributed by atoms with Gasteiger partial charge in [-0.1, -0.05) is 41.4 Å². The number of amides is 1. The van der Waals surface area contributed by atoms with Gasteiger partial charge >= 0.3 is 5.69 Å². The molecule has 2 aromatic carbocycles. The summed E-state index contributed by atoms with van der Waals surface area (Å²) in [6.45, 7) is 4.23. The van der Waals surface area contributed by atoms with E-state index in [1.165, 1.54) is 4.40 Å². The normalized spacial score (nSPS) is 11.4. The monoisotopic (exact) mass is 460 g/mol. The molecule has 1 N–H and O–H groups in total. The van der Waals surface area contributed by atoms with Gasteiger partial charge in [0.2, 0.25) is 5.91 Å². The molecule has 1 amide bonds. The first-order chi connectivity index (χ1) is 15.9. The average Bonchev–Trinajstić information content (AvgIpc) is 3.36. The topological polar surface area (TPSA) is 85.7 Å². The van der Waals surface area contributed by atoms with Gasteiger partial charge in [-0.15, -0.1) is 5.10 Å². The van der Waals surface area contributed by atoms with E-state index in [1.807, 2.05) is 32.0 Å². The molecular formula is C24H21ClN6O2. The Labute approximate surface area is 194 Å². The van der Waals surface area contributed by atoms with E-state index in [2.05, 4.69) is 33.7 Å². The van der Waals surface area contributed by atoms with Crippen molar-refractivity contribution >= 4 is 28.7 Å². The molecule has 0 saturated heterocycles. The van der Waals surface area contributed by atoms with Gasteiger partial charge in [-0.25, -0.2) is 18.4 Å². The van der Waals surface area contributed by atoms with Gasteiger partial charge in [-0.2, -0.15) is 5.10 Å². The summed E-state index contributed by atoms with van der Waals surface area (Å²) in [6, 6.07) is 15.3. The van der Waals surface area contributed by atoms with Crippen LogP contribution in [-0.2, 0) is 17.9 Å². The molecule has 166 valence electrons. The molecule has 5 aromatic rings. The van der Waals surface area contributed by atoms with Gasteiger partial charge in [0, 0.05) is 29.5 Å². The highest BCUT2D eigenvalue weighted by molar-refractivity contribution is 6.30. The number of fused-ring (bicyclic) bond motifs is 3. The van der Waals surface area contributed by atoms with E-state index in [0.717, 1.165) is 32.6 Å². The second-order valence-corrected chi connectivity index (χ2v) is 8.45. The Kier molecular flexibility index (Phi) is 5.22. The van der Waals surface area contributed by atoms with Crippen molar-refractivity contribution in [3.63, 3.8) is 0 Å². The molecule has 0 aliphatic carbocycles. The van der Waals surface area contributed by atoms with E-state index in [4.69, 9.17) is 11.6 Å². The molecule has 0 atom stereocenters. The fraction of sp³-hybridized carbons (Fsp3) is 0.167. The van der Waals surface area contributed by atoms with Crippen LogP contribution >= 0.6 is 11.6 Å². The van der Waals surface area contributed by atoms with E-state index in [1.54, 1.807) is 29.0 Å². The second kappa shape index (κ2) is 8.22. The molecule has 0 fully saturated rings. The standard InChI is InChI=1S/C24H21ClN6O2/c1-15-3-4-16(2)19(11-15)20-12-21-23-28-31(24(33)29(23)9-10-30(21)27-20)14-22(32)26-13-17-5-7-18(25)8-6-17/h3-12H,13-14H2,1-2H3,(H,26,32). The first kappa shape index (κ1) is 21.0. The summed E-state index contributed by atoms with van der Waals surface area (Å²) in [5.41, 5.74) is 5.73. The number of aromatic nitrogens is 5. The fourth-order valence-corrected chi connectivity index (χ4v) is 3.90. The summed E-state index contributed by atoms with van der Waals surface area (Å²) in [5, 5.41) is 12.5. The summed E-state index contributed by atoms with van der Waals surface area (Å²) < 4.78 is 4.29. The number of rotatable bonds is 5. The van der Waals surface area contributed by atoms with Crippen LogP contribution in [0.5, 0.6) is 0 Å². The first-order valence-electron chi connectivity index (χ1n) is 10.5. The summed E-state index contributed by atoms with van der Waals surface area (Å²) in [5.74, 6) is -0.309. The molecule has 5 rings (SSSR count). The third-order valence-corrected chi connectivity index (χ3v) is 5.81. The van der Waals surface area contributed by atoms with Gasteiger partial charge in [-0.05, 0) is 49.2 Å². The van der Waals surface area contributed by atoms with Crippen LogP contribution in [0.25, 0.3) is 22.4 Å². The van der Waals surface area contributed by atoms with Gasteiger partial charge in [0.25, 0.3) is 0 Å². The van der Waals surface area contributed by atoms with Crippen molar-refractivity contribution in [1.82, 2.24) is 29.1 Å². The quantitative estimate of drug-likeness (QED) is 0.435. The van der Waals surface area contributed by atoms with Crippen LogP contribution in [0.1, 0.15) is 16.7 Å². The molecule has 33 heavy (non-hydrogen) atoms. The van der Waals surface area contributed by atoms with E-state index in [9.17, 15) is 9.59 Å². The zero-order chi connectivity index (χ0) is 23.1. The Morgan fingerprint density at radius 1 is 1.03 bits per heavy atom. The van der Waals surface area contributed by atoms with Crippen molar-refractivity contribution in [2.24, 2.45) is 0 Å². The van der Waals surface area contributed by atoms with Crippen LogP contribution in [0.15, 0.2) is 65.7 Å². The van der Waals surface area contributed by atoms with Crippen molar-refractivity contribution in [2.45, 2.75) is 26.9 Å². The Morgan fingerprint density at radius 2 is 1.82 bits per heavy atom. The number of hydrogen-bond acceptors (Lipinski definition) is 4. The number of benzene rings is 2. The van der Waals surface area contributed by atoms with Crippen LogP contribution in [0.4, 0.5) is 0 Å². The lowest BCUT2D eigenvalue weighted by molar-refractivity contribution is -0.122. The minimum Gasteiger partial charge on any atom is -0.350 e. The molecule has 0 bridgehead atoms. The van der Waals surface area contributed by atoms with Crippen molar-refractivity contribution in [2.75, 3.05) is 0 Å². The lowest BCUT2D eigenvalue weighted by Crippen LogP contribution is -2.32. The predicted octanol–water partition coefficient (Wildman–Crippen LogP) is 3.40. The molecular weight excluding hydrogens is 440 g/mol. The molecule has 0 aliphatic heterocycles. The van der Waals surface area contributed by atoms with Crippen LogP contribution in [0.3, 0.4) is 0 Å². The largest absolute Gasteiger partial charge is 0.350 e. The van der Waals surface area contributed by atoms with Gasteiger partial charge in [-0.3, -0.25) is 4.79 Å². The average molecular weight is 461 g/mol. The lowest BCUT2D eigenvalue weighted by atomic mass is 10.0. The Bertz CT molecular complexity index is 1560. The smallest absolute Gasteiger partial charge is 0.350 e. The lowest BCUT2D eigenvalue weighted by Gasteiger charge is -2.05. The third-order valence-electron chi connectivity index (χ3n) is 5.56. The van der Waals surface area contributed by atoms with Crippen molar-refractivity contribution in [3.05, 3.63) is 93.1 Å². The number of nitrogens with one attached hydrogen (secondary N) is 1. The molecule has 0 saturated carbocycles. The van der Waals surface area contributed by atoms with Crippen LogP contribution in [-0.4, -0.2) is 29.7 Å². The maximum Gasteiger partial charge on any atom is 0.350 e. The summed E-state index contributed by atoms with van der Waals surface area (Å²) in [7, 11) is 0. The number of carbonyl (C=O) groups excluding carboxylic acids is 1. The van der Waals surface area contributed by atoms with Crippen LogP contribution in [0, 0.1) is 13.8 Å². The highest BCUT2D eigenvalue weighted by atomic mass is 35.5. The number of hydrogen-bond donors (Lipinski definition) is 1. The SMILES string of the molecule is Cc1ccc(C)c(-c2cc3c4nn(CC(=O)NCc5ccc(Cl)cc5)c(=O)n4ccn3n2)c1. The molecule has 0 radical (unpaired) electrons. The van der Waals surface area contributed by atoms with Crippen LogP contribution < -0.4 is 11.0 Å². The molecule has 0 unspecified atom stereocenters. The zero-order valence-electron chi connectivity index (χ0n) is 18.1. The number of aryl methyl sites for hydroxylation is 2. The third kappa shape index (κ3) is 4.01. The minimum absolute atomic E-state index is 0.182. The minimum atomic E-state index is -0.386. The molecule has 0 spiro atoms. The maximum atomic E-state index is 12.8. The summed E-state index contributed by atoms with van der Waals surface area (Å²) in [4.78, 5) is 25.3. The number of halogens is 1. The molecule has 9 heteroatoms. The Morgan fingerprint density at radius 3 is 2.61 bits per heavy atom. The maximum absolute atomic E-state index is 12.8. The predicted molar refractivity (Wildman–Crippen MR) is 126 cm³/mol. The first-order valence-corrected chi connectivity index (χ1v) is 10.8. The second-order valence-electron chi connectivity index (χ2n) is 8.01.